The molecule has 168 valence electrons. The zero-order valence-corrected chi connectivity index (χ0v) is 18.2. The Labute approximate surface area is 187 Å². The molecule has 0 aliphatic carbocycles. The van der Waals surface area contributed by atoms with Gasteiger partial charge in [-0.2, -0.15) is 0 Å². The van der Waals surface area contributed by atoms with E-state index in [-0.39, 0.29) is 5.56 Å². The molecule has 0 radical (unpaired) electrons. The van der Waals surface area contributed by atoms with E-state index in [1.165, 1.54) is 44.1 Å². The van der Waals surface area contributed by atoms with Gasteiger partial charge >= 0.3 is 5.97 Å². The minimum atomic E-state index is -1.60. The lowest BCUT2D eigenvalue weighted by molar-refractivity contribution is 0.0733. The van der Waals surface area contributed by atoms with Gasteiger partial charge in [-0.1, -0.05) is 75.4 Å². The summed E-state index contributed by atoms with van der Waals surface area (Å²) in [6.07, 6.45) is 8.72. The summed E-state index contributed by atoms with van der Waals surface area (Å²) in [5.41, 5.74) is 3.49. The summed E-state index contributed by atoms with van der Waals surface area (Å²) in [6, 6.07) is 16.4. The quantitative estimate of drug-likeness (QED) is 0.139. The van der Waals surface area contributed by atoms with Crippen molar-refractivity contribution < 1.29 is 22.7 Å². The molecule has 0 amide bonds. The van der Waals surface area contributed by atoms with Crippen LogP contribution in [0.25, 0.3) is 11.1 Å². The number of carbonyl (C=O) groups is 1. The number of unbranched alkanes of at least 4 members (excludes halogenated alkanes) is 5. The Bertz CT molecular complexity index is 1000. The lowest BCUT2D eigenvalue weighted by Crippen LogP contribution is -2.09. The molecule has 3 aromatic rings. The highest BCUT2D eigenvalue weighted by Crippen LogP contribution is 2.23. The molecule has 0 unspecified atom stereocenters. The van der Waals surface area contributed by atoms with Crippen molar-refractivity contribution in [1.82, 2.24) is 0 Å². The lowest BCUT2D eigenvalue weighted by atomic mass is 10.00. The normalized spacial score (nSPS) is 10.9. The molecule has 3 aromatic carbocycles. The molecule has 0 saturated carbocycles. The fourth-order valence-electron chi connectivity index (χ4n) is 3.53. The number of carbonyl (C=O) groups excluding carboxylic acids is 1. The van der Waals surface area contributed by atoms with Crippen LogP contribution in [0.3, 0.4) is 0 Å². The molecule has 0 saturated heterocycles. The summed E-state index contributed by atoms with van der Waals surface area (Å²) in [5, 5.41) is 0. The molecule has 0 spiro atoms. The molecule has 0 atom stereocenters. The van der Waals surface area contributed by atoms with Gasteiger partial charge in [-0.15, -0.1) is 0 Å². The van der Waals surface area contributed by atoms with E-state index in [1.54, 1.807) is 24.3 Å². The van der Waals surface area contributed by atoms with E-state index < -0.39 is 29.2 Å². The van der Waals surface area contributed by atoms with E-state index in [4.69, 9.17) is 4.74 Å². The van der Waals surface area contributed by atoms with E-state index in [1.807, 2.05) is 0 Å². The average Bonchev–Trinajstić information content (AvgIpc) is 2.80. The van der Waals surface area contributed by atoms with Gasteiger partial charge in [0.25, 0.3) is 0 Å². The Morgan fingerprint density at radius 1 is 0.750 bits per heavy atom. The molecule has 0 bridgehead atoms. The standard InChI is InChI=1S/C27H27F3O2/c1-2-3-4-5-6-7-8-19-9-11-20(12-10-19)21-13-15-22(16-14-21)27(31)32-23-17-24(28)26(30)25(29)18-23/h9-18H,2-8H2,1H3. The van der Waals surface area contributed by atoms with Gasteiger partial charge in [0.1, 0.15) is 5.75 Å². The molecule has 0 aromatic heterocycles. The van der Waals surface area contributed by atoms with E-state index in [0.717, 1.165) is 17.5 Å². The molecular weight excluding hydrogens is 413 g/mol. The maximum Gasteiger partial charge on any atom is 0.343 e. The molecule has 0 N–H and O–H groups in total. The van der Waals surface area contributed by atoms with Gasteiger partial charge in [-0.3, -0.25) is 0 Å². The first-order chi connectivity index (χ1) is 15.5. The van der Waals surface area contributed by atoms with E-state index >= 15 is 0 Å². The highest BCUT2D eigenvalue weighted by Gasteiger charge is 2.15. The minimum absolute atomic E-state index is 0.221. The summed E-state index contributed by atoms with van der Waals surface area (Å²) in [5.74, 6) is -5.61. The number of hydrogen-bond acceptors (Lipinski definition) is 2. The maximum absolute atomic E-state index is 13.3. The van der Waals surface area contributed by atoms with Crippen molar-refractivity contribution in [2.75, 3.05) is 0 Å². The SMILES string of the molecule is CCCCCCCCc1ccc(-c2ccc(C(=O)Oc3cc(F)c(F)c(F)c3)cc2)cc1. The first kappa shape index (κ1) is 23.6. The highest BCUT2D eigenvalue weighted by molar-refractivity contribution is 5.91. The number of hydrogen-bond donors (Lipinski definition) is 0. The zero-order valence-electron chi connectivity index (χ0n) is 18.2. The van der Waals surface area contributed by atoms with Crippen molar-refractivity contribution in [2.24, 2.45) is 0 Å². The zero-order chi connectivity index (χ0) is 22.9. The Morgan fingerprint density at radius 2 is 1.28 bits per heavy atom. The molecule has 0 heterocycles. The van der Waals surface area contributed by atoms with Crippen LogP contribution in [0.4, 0.5) is 13.2 Å². The van der Waals surface area contributed by atoms with Crippen LogP contribution in [0.5, 0.6) is 5.75 Å². The van der Waals surface area contributed by atoms with E-state index in [9.17, 15) is 18.0 Å². The lowest BCUT2D eigenvalue weighted by Gasteiger charge is -2.08. The van der Waals surface area contributed by atoms with Crippen LogP contribution in [-0.2, 0) is 6.42 Å². The number of esters is 1. The Balaban J connectivity index is 1.56. The fraction of sp³-hybridized carbons (Fsp3) is 0.296. The van der Waals surface area contributed by atoms with Crippen molar-refractivity contribution in [1.29, 1.82) is 0 Å². The van der Waals surface area contributed by atoms with Crippen LogP contribution in [-0.4, -0.2) is 5.97 Å². The highest BCUT2D eigenvalue weighted by atomic mass is 19.2. The smallest absolute Gasteiger partial charge is 0.343 e. The van der Waals surface area contributed by atoms with Crippen molar-refractivity contribution in [3.63, 3.8) is 0 Å². The molecule has 0 aliphatic rings. The Morgan fingerprint density at radius 3 is 1.88 bits per heavy atom. The predicted octanol–water partition coefficient (Wildman–Crippen LogP) is 7.89. The van der Waals surface area contributed by atoms with Crippen molar-refractivity contribution >= 4 is 5.97 Å². The van der Waals surface area contributed by atoms with Crippen molar-refractivity contribution in [3.8, 4) is 16.9 Å². The summed E-state index contributed by atoms with van der Waals surface area (Å²) in [7, 11) is 0. The largest absolute Gasteiger partial charge is 0.423 e. The first-order valence-corrected chi connectivity index (χ1v) is 11.0. The monoisotopic (exact) mass is 440 g/mol. The Hall–Kier alpha value is -3.08. The number of ether oxygens (including phenoxy) is 1. The van der Waals surface area contributed by atoms with Crippen molar-refractivity contribution in [2.45, 2.75) is 51.9 Å². The number of aryl methyl sites for hydroxylation is 1. The van der Waals surface area contributed by atoms with Crippen LogP contribution in [0.2, 0.25) is 0 Å². The van der Waals surface area contributed by atoms with E-state index in [2.05, 4.69) is 31.2 Å². The fourth-order valence-corrected chi connectivity index (χ4v) is 3.53. The molecule has 0 aliphatic heterocycles. The van der Waals surface area contributed by atoms with Gasteiger partial charge in [0, 0.05) is 12.1 Å². The third-order valence-corrected chi connectivity index (χ3v) is 5.39. The van der Waals surface area contributed by atoms with Crippen LogP contribution < -0.4 is 4.74 Å². The van der Waals surface area contributed by atoms with Gasteiger partial charge in [0.2, 0.25) is 0 Å². The number of rotatable bonds is 10. The summed E-state index contributed by atoms with van der Waals surface area (Å²) in [4.78, 5) is 12.2. The minimum Gasteiger partial charge on any atom is -0.423 e. The summed E-state index contributed by atoms with van der Waals surface area (Å²) >= 11 is 0. The van der Waals surface area contributed by atoms with Crippen LogP contribution in [0.15, 0.2) is 60.7 Å². The van der Waals surface area contributed by atoms with E-state index in [0.29, 0.717) is 12.1 Å². The second-order valence-corrected chi connectivity index (χ2v) is 7.88. The summed E-state index contributed by atoms with van der Waals surface area (Å²) in [6.45, 7) is 2.22. The number of benzene rings is 3. The first-order valence-electron chi connectivity index (χ1n) is 11.0. The van der Waals surface area contributed by atoms with Crippen molar-refractivity contribution in [3.05, 3.63) is 89.2 Å². The Kier molecular flexibility index (Phi) is 8.48. The molecule has 5 heteroatoms. The summed E-state index contributed by atoms with van der Waals surface area (Å²) < 4.78 is 44.6. The molecule has 3 rings (SSSR count). The molecular formula is C27H27F3O2. The van der Waals surface area contributed by atoms with Gasteiger partial charge in [-0.25, -0.2) is 18.0 Å². The predicted molar refractivity (Wildman–Crippen MR) is 120 cm³/mol. The third-order valence-electron chi connectivity index (χ3n) is 5.39. The third kappa shape index (κ3) is 6.46. The maximum atomic E-state index is 13.3. The van der Waals surface area contributed by atoms with Crippen LogP contribution in [0, 0.1) is 17.5 Å². The van der Waals surface area contributed by atoms with Gasteiger partial charge in [0.15, 0.2) is 17.5 Å². The molecule has 2 nitrogen and oxygen atoms in total. The van der Waals surface area contributed by atoms with Crippen LogP contribution >= 0.6 is 0 Å². The molecule has 32 heavy (non-hydrogen) atoms. The topological polar surface area (TPSA) is 26.3 Å². The second-order valence-electron chi connectivity index (χ2n) is 7.88. The van der Waals surface area contributed by atoms with Gasteiger partial charge < -0.3 is 4.74 Å². The van der Waals surface area contributed by atoms with Gasteiger partial charge in [-0.05, 0) is 41.7 Å². The average molecular weight is 441 g/mol. The van der Waals surface area contributed by atoms with Gasteiger partial charge in [0.05, 0.1) is 5.56 Å². The second kappa shape index (κ2) is 11.5. The van der Waals surface area contributed by atoms with Crippen LogP contribution in [0.1, 0.15) is 61.4 Å². The molecule has 0 fully saturated rings. The number of halogens is 3.